The Morgan fingerprint density at radius 3 is 2.79 bits per heavy atom. The van der Waals surface area contributed by atoms with E-state index in [1.165, 1.54) is 6.07 Å². The molecule has 1 unspecified atom stereocenters. The highest BCUT2D eigenvalue weighted by Crippen LogP contribution is 2.22. The Kier molecular flexibility index (Phi) is 4.32. The van der Waals surface area contributed by atoms with Crippen LogP contribution in [0.2, 0.25) is 5.02 Å². The molecule has 14 heavy (non-hydrogen) atoms. The van der Waals surface area contributed by atoms with Gasteiger partial charge in [-0.25, -0.2) is 4.39 Å². The van der Waals surface area contributed by atoms with E-state index in [1.54, 1.807) is 12.1 Å². The average Bonchev–Trinajstić information content (AvgIpc) is 2.19. The van der Waals surface area contributed by atoms with Crippen LogP contribution in [0.3, 0.4) is 0 Å². The van der Waals surface area contributed by atoms with Crippen molar-refractivity contribution in [1.82, 2.24) is 0 Å². The van der Waals surface area contributed by atoms with Gasteiger partial charge in [-0.3, -0.25) is 0 Å². The molecule has 4 heteroatoms. The minimum Gasteiger partial charge on any atom is -0.372 e. The second-order valence-corrected chi connectivity index (χ2v) is 3.26. The van der Waals surface area contributed by atoms with Crippen LogP contribution in [0.1, 0.15) is 18.6 Å². The minimum atomic E-state index is -0.428. The van der Waals surface area contributed by atoms with Crippen LogP contribution in [0.15, 0.2) is 18.2 Å². The van der Waals surface area contributed by atoms with Gasteiger partial charge >= 0.3 is 0 Å². The van der Waals surface area contributed by atoms with Crippen molar-refractivity contribution in [3.8, 4) is 0 Å². The topological polar surface area (TPSA) is 35.2 Å². The van der Waals surface area contributed by atoms with E-state index in [-0.39, 0.29) is 11.1 Å². The Morgan fingerprint density at radius 2 is 2.29 bits per heavy atom. The summed E-state index contributed by atoms with van der Waals surface area (Å²) >= 11 is 5.64. The summed E-state index contributed by atoms with van der Waals surface area (Å²) in [7, 11) is 0. The lowest BCUT2D eigenvalue weighted by Crippen LogP contribution is -2.15. The van der Waals surface area contributed by atoms with E-state index in [0.717, 1.165) is 5.56 Å². The van der Waals surface area contributed by atoms with Crippen molar-refractivity contribution >= 4 is 11.6 Å². The van der Waals surface area contributed by atoms with Gasteiger partial charge in [0.15, 0.2) is 0 Å². The molecule has 0 aliphatic heterocycles. The predicted molar refractivity (Wildman–Crippen MR) is 54.8 cm³/mol. The zero-order chi connectivity index (χ0) is 10.6. The first kappa shape index (κ1) is 11.4. The molecule has 0 amide bonds. The van der Waals surface area contributed by atoms with Crippen molar-refractivity contribution in [2.24, 2.45) is 5.73 Å². The van der Waals surface area contributed by atoms with Gasteiger partial charge in [0, 0.05) is 13.2 Å². The van der Waals surface area contributed by atoms with E-state index in [0.29, 0.717) is 13.2 Å². The number of rotatable bonds is 4. The van der Waals surface area contributed by atoms with Gasteiger partial charge in [0.2, 0.25) is 0 Å². The molecule has 1 rings (SSSR count). The average molecular weight is 218 g/mol. The number of hydrogen-bond acceptors (Lipinski definition) is 2. The Bertz CT molecular complexity index is 306. The molecule has 1 aromatic carbocycles. The smallest absolute Gasteiger partial charge is 0.141 e. The van der Waals surface area contributed by atoms with Crippen molar-refractivity contribution in [2.75, 3.05) is 13.2 Å². The van der Waals surface area contributed by atoms with E-state index in [9.17, 15) is 4.39 Å². The second kappa shape index (κ2) is 5.29. The van der Waals surface area contributed by atoms with E-state index >= 15 is 0 Å². The van der Waals surface area contributed by atoms with Crippen LogP contribution in [0.5, 0.6) is 0 Å². The number of benzene rings is 1. The summed E-state index contributed by atoms with van der Waals surface area (Å²) in [5, 5.41) is 0.0978. The Balaban J connectivity index is 2.88. The molecule has 2 N–H and O–H groups in total. The van der Waals surface area contributed by atoms with Gasteiger partial charge < -0.3 is 10.5 Å². The van der Waals surface area contributed by atoms with Gasteiger partial charge in [-0.1, -0.05) is 17.7 Å². The Morgan fingerprint density at radius 1 is 1.57 bits per heavy atom. The maximum atomic E-state index is 12.8. The van der Waals surface area contributed by atoms with Crippen molar-refractivity contribution in [3.05, 3.63) is 34.6 Å². The molecule has 0 saturated carbocycles. The van der Waals surface area contributed by atoms with Crippen molar-refractivity contribution in [1.29, 1.82) is 0 Å². The van der Waals surface area contributed by atoms with E-state index < -0.39 is 5.82 Å². The Hall–Kier alpha value is -0.640. The molecule has 0 saturated heterocycles. The lowest BCUT2D eigenvalue weighted by atomic mass is 10.1. The van der Waals surface area contributed by atoms with Crippen LogP contribution in [-0.2, 0) is 4.74 Å². The van der Waals surface area contributed by atoms with Crippen LogP contribution >= 0.6 is 11.6 Å². The SMILES string of the molecule is CCOC(CN)c1ccc(F)c(Cl)c1. The van der Waals surface area contributed by atoms with Gasteiger partial charge in [0.1, 0.15) is 5.82 Å². The highest BCUT2D eigenvalue weighted by Gasteiger charge is 2.10. The summed E-state index contributed by atoms with van der Waals surface area (Å²) in [6.45, 7) is 2.81. The molecule has 78 valence electrons. The molecule has 1 aromatic rings. The first-order valence-electron chi connectivity index (χ1n) is 4.45. The summed E-state index contributed by atoms with van der Waals surface area (Å²) in [6, 6.07) is 4.50. The maximum Gasteiger partial charge on any atom is 0.141 e. The summed E-state index contributed by atoms with van der Waals surface area (Å²) in [5.74, 6) is -0.428. The molecule has 0 aromatic heterocycles. The molecule has 0 fully saturated rings. The van der Waals surface area contributed by atoms with Crippen LogP contribution in [0, 0.1) is 5.82 Å². The van der Waals surface area contributed by atoms with Crippen LogP contribution in [-0.4, -0.2) is 13.2 Å². The minimum absolute atomic E-state index is 0.0978. The van der Waals surface area contributed by atoms with Crippen LogP contribution in [0.25, 0.3) is 0 Å². The molecule has 0 aliphatic carbocycles. The van der Waals surface area contributed by atoms with Crippen molar-refractivity contribution in [2.45, 2.75) is 13.0 Å². The normalized spacial score (nSPS) is 12.9. The fourth-order valence-electron chi connectivity index (χ4n) is 1.21. The summed E-state index contributed by atoms with van der Waals surface area (Å²) in [5.41, 5.74) is 6.32. The monoisotopic (exact) mass is 217 g/mol. The van der Waals surface area contributed by atoms with Crippen molar-refractivity contribution < 1.29 is 9.13 Å². The molecular formula is C10H13ClFNO. The number of halogens is 2. The van der Waals surface area contributed by atoms with Crippen molar-refractivity contribution in [3.63, 3.8) is 0 Å². The highest BCUT2D eigenvalue weighted by molar-refractivity contribution is 6.30. The lowest BCUT2D eigenvalue weighted by Gasteiger charge is -2.15. The summed E-state index contributed by atoms with van der Waals surface area (Å²) in [6.07, 6.45) is -0.210. The molecule has 0 bridgehead atoms. The molecular weight excluding hydrogens is 205 g/mol. The third kappa shape index (κ3) is 2.67. The number of ether oxygens (including phenoxy) is 1. The first-order valence-corrected chi connectivity index (χ1v) is 4.83. The third-order valence-electron chi connectivity index (χ3n) is 1.90. The largest absolute Gasteiger partial charge is 0.372 e. The fourth-order valence-corrected chi connectivity index (χ4v) is 1.40. The molecule has 0 radical (unpaired) electrons. The van der Waals surface area contributed by atoms with Crippen LogP contribution in [0.4, 0.5) is 4.39 Å². The number of hydrogen-bond donors (Lipinski definition) is 1. The molecule has 0 heterocycles. The fraction of sp³-hybridized carbons (Fsp3) is 0.400. The lowest BCUT2D eigenvalue weighted by molar-refractivity contribution is 0.0688. The first-order chi connectivity index (χ1) is 6.69. The molecule has 1 atom stereocenters. The number of nitrogens with two attached hydrogens (primary N) is 1. The molecule has 0 spiro atoms. The quantitative estimate of drug-likeness (QED) is 0.841. The predicted octanol–water partition coefficient (Wildman–Crippen LogP) is 2.52. The van der Waals surface area contributed by atoms with E-state index in [4.69, 9.17) is 22.1 Å². The van der Waals surface area contributed by atoms with E-state index in [1.807, 2.05) is 6.92 Å². The van der Waals surface area contributed by atoms with Gasteiger partial charge in [-0.15, -0.1) is 0 Å². The third-order valence-corrected chi connectivity index (χ3v) is 2.19. The van der Waals surface area contributed by atoms with Gasteiger partial charge in [-0.2, -0.15) is 0 Å². The Labute approximate surface area is 87.8 Å². The van der Waals surface area contributed by atoms with Gasteiger partial charge in [-0.05, 0) is 24.6 Å². The second-order valence-electron chi connectivity index (χ2n) is 2.85. The van der Waals surface area contributed by atoms with Crippen LogP contribution < -0.4 is 5.73 Å². The highest BCUT2D eigenvalue weighted by atomic mass is 35.5. The molecule has 0 aliphatic rings. The standard InChI is InChI=1S/C10H13ClFNO/c1-2-14-10(6-13)7-3-4-9(12)8(11)5-7/h3-5,10H,2,6,13H2,1H3. The summed E-state index contributed by atoms with van der Waals surface area (Å²) < 4.78 is 18.2. The van der Waals surface area contributed by atoms with Gasteiger partial charge in [0.25, 0.3) is 0 Å². The summed E-state index contributed by atoms with van der Waals surface area (Å²) in [4.78, 5) is 0. The zero-order valence-electron chi connectivity index (χ0n) is 7.97. The van der Waals surface area contributed by atoms with E-state index in [2.05, 4.69) is 0 Å². The molecule has 2 nitrogen and oxygen atoms in total. The zero-order valence-corrected chi connectivity index (χ0v) is 8.72. The maximum absolute atomic E-state index is 12.8. The van der Waals surface area contributed by atoms with Gasteiger partial charge in [0.05, 0.1) is 11.1 Å².